The number of hydrogen-bond acceptors (Lipinski definition) is 1. The normalized spacial score (nSPS) is 14.4. The molecule has 16 heavy (non-hydrogen) atoms. The first-order chi connectivity index (χ1) is 7.54. The predicted molar refractivity (Wildman–Crippen MR) is 61.3 cm³/mol. The van der Waals surface area contributed by atoms with Crippen LogP contribution in [-0.2, 0) is 11.2 Å². The van der Waals surface area contributed by atoms with Crippen LogP contribution in [0.2, 0.25) is 0 Å². The Kier molecular flexibility index (Phi) is 4.47. The van der Waals surface area contributed by atoms with Gasteiger partial charge >= 0.3 is 5.97 Å². The molecule has 1 aromatic rings. The van der Waals surface area contributed by atoms with Crippen molar-refractivity contribution in [3.05, 3.63) is 35.4 Å². The van der Waals surface area contributed by atoms with E-state index in [9.17, 15) is 9.18 Å². The molecule has 0 aliphatic rings. The van der Waals surface area contributed by atoms with Crippen molar-refractivity contribution in [1.82, 2.24) is 0 Å². The van der Waals surface area contributed by atoms with Gasteiger partial charge in [0.15, 0.2) is 0 Å². The Bertz CT molecular complexity index is 345. The maximum Gasteiger partial charge on any atom is 0.310 e. The van der Waals surface area contributed by atoms with Crippen LogP contribution < -0.4 is 0 Å². The van der Waals surface area contributed by atoms with Crippen LogP contribution in [0, 0.1) is 5.92 Å². The average molecular weight is 224 g/mol. The Morgan fingerprint density at radius 3 is 2.31 bits per heavy atom. The molecule has 0 bridgehead atoms. The number of halogens is 1. The molecular formula is C13H17FO2. The van der Waals surface area contributed by atoms with E-state index in [-0.39, 0.29) is 12.6 Å². The third-order valence-electron chi connectivity index (χ3n) is 2.70. The molecule has 0 spiro atoms. The zero-order chi connectivity index (χ0) is 12.1. The Morgan fingerprint density at radius 1 is 1.31 bits per heavy atom. The minimum Gasteiger partial charge on any atom is -0.481 e. The molecule has 0 radical (unpaired) electrons. The molecule has 0 aliphatic heterocycles. The van der Waals surface area contributed by atoms with Crippen molar-refractivity contribution < 1.29 is 14.3 Å². The summed E-state index contributed by atoms with van der Waals surface area (Å²) < 4.78 is 12.3. The van der Waals surface area contributed by atoms with Gasteiger partial charge in [-0.25, -0.2) is 0 Å². The van der Waals surface area contributed by atoms with Gasteiger partial charge in [0.2, 0.25) is 0 Å². The van der Waals surface area contributed by atoms with Gasteiger partial charge in [-0.1, -0.05) is 31.2 Å². The highest BCUT2D eigenvalue weighted by Gasteiger charge is 2.13. The molecule has 0 aliphatic carbocycles. The fraction of sp³-hybridized carbons (Fsp3) is 0.462. The lowest BCUT2D eigenvalue weighted by Crippen LogP contribution is -2.07. The standard InChI is InChI=1S/C13H17FO2/c1-9(8-14)7-11-3-5-12(6-4-11)10(2)13(15)16/h3-6,9-10H,7-8H2,1-2H3,(H,15,16). The fourth-order valence-electron chi connectivity index (χ4n) is 1.54. The van der Waals surface area contributed by atoms with E-state index >= 15 is 0 Å². The van der Waals surface area contributed by atoms with Crippen LogP contribution >= 0.6 is 0 Å². The summed E-state index contributed by atoms with van der Waals surface area (Å²) in [4.78, 5) is 10.8. The van der Waals surface area contributed by atoms with Crippen molar-refractivity contribution in [3.63, 3.8) is 0 Å². The Labute approximate surface area is 95.1 Å². The number of benzene rings is 1. The second-order valence-corrected chi connectivity index (χ2v) is 4.27. The minimum atomic E-state index is -0.829. The van der Waals surface area contributed by atoms with Gasteiger partial charge in [-0.15, -0.1) is 0 Å². The van der Waals surface area contributed by atoms with E-state index in [0.717, 1.165) is 11.1 Å². The summed E-state index contributed by atoms with van der Waals surface area (Å²) in [5.74, 6) is -1.31. The zero-order valence-corrected chi connectivity index (χ0v) is 9.61. The lowest BCUT2D eigenvalue weighted by Gasteiger charge is -2.09. The van der Waals surface area contributed by atoms with E-state index in [0.29, 0.717) is 6.42 Å². The van der Waals surface area contributed by atoms with Gasteiger partial charge in [0, 0.05) is 0 Å². The van der Waals surface area contributed by atoms with Crippen LogP contribution in [0.3, 0.4) is 0 Å². The molecule has 2 nitrogen and oxygen atoms in total. The van der Waals surface area contributed by atoms with Crippen LogP contribution in [0.25, 0.3) is 0 Å². The third kappa shape index (κ3) is 3.33. The molecule has 1 aromatic carbocycles. The molecule has 0 saturated heterocycles. The summed E-state index contributed by atoms with van der Waals surface area (Å²) in [6, 6.07) is 7.36. The maximum atomic E-state index is 12.3. The second kappa shape index (κ2) is 5.64. The first kappa shape index (κ1) is 12.7. The molecule has 1 rings (SSSR count). The summed E-state index contributed by atoms with van der Waals surface area (Å²) in [5.41, 5.74) is 1.83. The highest BCUT2D eigenvalue weighted by molar-refractivity contribution is 5.75. The van der Waals surface area contributed by atoms with Crippen molar-refractivity contribution in [1.29, 1.82) is 0 Å². The van der Waals surface area contributed by atoms with E-state index < -0.39 is 11.9 Å². The van der Waals surface area contributed by atoms with E-state index in [1.807, 2.05) is 19.1 Å². The maximum absolute atomic E-state index is 12.3. The van der Waals surface area contributed by atoms with Gasteiger partial charge in [0.05, 0.1) is 12.6 Å². The van der Waals surface area contributed by atoms with E-state index in [2.05, 4.69) is 0 Å². The molecule has 0 heterocycles. The second-order valence-electron chi connectivity index (χ2n) is 4.27. The highest BCUT2D eigenvalue weighted by Crippen LogP contribution is 2.17. The number of alkyl halides is 1. The molecule has 2 atom stereocenters. The van der Waals surface area contributed by atoms with Gasteiger partial charge in [-0.2, -0.15) is 0 Å². The van der Waals surface area contributed by atoms with Gasteiger partial charge in [-0.3, -0.25) is 9.18 Å². The number of carboxylic acids is 1. The first-order valence-corrected chi connectivity index (χ1v) is 5.42. The highest BCUT2D eigenvalue weighted by atomic mass is 19.1. The molecule has 88 valence electrons. The lowest BCUT2D eigenvalue weighted by molar-refractivity contribution is -0.138. The molecule has 2 unspecified atom stereocenters. The summed E-state index contributed by atoms with van der Waals surface area (Å²) in [6.45, 7) is 3.18. The molecular weight excluding hydrogens is 207 g/mol. The van der Waals surface area contributed by atoms with Gasteiger partial charge in [0.25, 0.3) is 0 Å². The fourth-order valence-corrected chi connectivity index (χ4v) is 1.54. The first-order valence-electron chi connectivity index (χ1n) is 5.42. The summed E-state index contributed by atoms with van der Waals surface area (Å²) in [7, 11) is 0. The van der Waals surface area contributed by atoms with Crippen molar-refractivity contribution in [2.75, 3.05) is 6.67 Å². The van der Waals surface area contributed by atoms with Crippen LogP contribution in [0.4, 0.5) is 4.39 Å². The van der Waals surface area contributed by atoms with Gasteiger partial charge < -0.3 is 5.11 Å². The van der Waals surface area contributed by atoms with Gasteiger partial charge in [0.1, 0.15) is 0 Å². The molecule has 0 saturated carbocycles. The smallest absolute Gasteiger partial charge is 0.310 e. The number of rotatable bonds is 5. The molecule has 0 amide bonds. The van der Waals surface area contributed by atoms with Crippen LogP contribution in [0.1, 0.15) is 30.9 Å². The third-order valence-corrected chi connectivity index (χ3v) is 2.70. The van der Waals surface area contributed by atoms with E-state index in [1.165, 1.54) is 0 Å². The van der Waals surface area contributed by atoms with Crippen molar-refractivity contribution in [2.24, 2.45) is 5.92 Å². The lowest BCUT2D eigenvalue weighted by atomic mass is 9.97. The molecule has 3 heteroatoms. The average Bonchev–Trinajstić information content (AvgIpc) is 2.28. The minimum absolute atomic E-state index is 0.0164. The Hall–Kier alpha value is -1.38. The van der Waals surface area contributed by atoms with Crippen LogP contribution in [0.5, 0.6) is 0 Å². The summed E-state index contributed by atoms with van der Waals surface area (Å²) in [6.07, 6.45) is 0.693. The largest absolute Gasteiger partial charge is 0.481 e. The molecule has 1 N–H and O–H groups in total. The molecule has 0 fully saturated rings. The SMILES string of the molecule is CC(CF)Cc1ccc(C(C)C(=O)O)cc1. The number of hydrogen-bond donors (Lipinski definition) is 1. The quantitative estimate of drug-likeness (QED) is 0.834. The predicted octanol–water partition coefficient (Wildman–Crippen LogP) is 3.02. The topological polar surface area (TPSA) is 37.3 Å². The van der Waals surface area contributed by atoms with Crippen molar-refractivity contribution >= 4 is 5.97 Å². The van der Waals surface area contributed by atoms with Gasteiger partial charge in [-0.05, 0) is 30.4 Å². The number of carboxylic acid groups (broad SMARTS) is 1. The van der Waals surface area contributed by atoms with Crippen molar-refractivity contribution in [3.8, 4) is 0 Å². The Balaban J connectivity index is 2.71. The summed E-state index contributed by atoms with van der Waals surface area (Å²) in [5, 5.41) is 8.84. The molecule has 0 aromatic heterocycles. The monoisotopic (exact) mass is 224 g/mol. The number of aliphatic carboxylic acids is 1. The Morgan fingerprint density at radius 2 is 1.88 bits per heavy atom. The van der Waals surface area contributed by atoms with E-state index in [4.69, 9.17) is 5.11 Å². The van der Waals surface area contributed by atoms with Crippen LogP contribution in [0.15, 0.2) is 24.3 Å². The summed E-state index contributed by atoms with van der Waals surface area (Å²) >= 11 is 0. The van der Waals surface area contributed by atoms with E-state index in [1.54, 1.807) is 19.1 Å². The van der Waals surface area contributed by atoms with Crippen molar-refractivity contribution in [2.45, 2.75) is 26.2 Å². The van der Waals surface area contributed by atoms with Crippen LogP contribution in [-0.4, -0.2) is 17.8 Å². The number of carbonyl (C=O) groups is 1. The zero-order valence-electron chi connectivity index (χ0n) is 9.61.